The molecule has 0 aliphatic carbocycles. The van der Waals surface area contributed by atoms with Crippen molar-refractivity contribution in [3.05, 3.63) is 44.1 Å². The van der Waals surface area contributed by atoms with E-state index in [9.17, 15) is 9.59 Å². The van der Waals surface area contributed by atoms with Crippen LogP contribution in [0.5, 0.6) is 0 Å². The lowest BCUT2D eigenvalue weighted by Gasteiger charge is -2.29. The van der Waals surface area contributed by atoms with Crippen LogP contribution in [-0.4, -0.2) is 22.3 Å². The molecular formula is C14H16ClN3O2. The summed E-state index contributed by atoms with van der Waals surface area (Å²) < 4.78 is 2.76. The molecule has 0 radical (unpaired) electrons. The maximum absolute atomic E-state index is 12.6. The summed E-state index contributed by atoms with van der Waals surface area (Å²) in [5.74, 6) is 0. The van der Waals surface area contributed by atoms with E-state index in [1.807, 2.05) is 5.01 Å². The van der Waals surface area contributed by atoms with Crippen LogP contribution >= 0.6 is 11.6 Å². The Kier molecular flexibility index (Phi) is 3.30. The van der Waals surface area contributed by atoms with Crippen molar-refractivity contribution in [2.45, 2.75) is 19.3 Å². The van der Waals surface area contributed by atoms with Gasteiger partial charge in [-0.2, -0.15) is 4.68 Å². The first-order chi connectivity index (χ1) is 9.59. The molecule has 0 saturated carbocycles. The van der Waals surface area contributed by atoms with Crippen LogP contribution in [0.4, 0.5) is 0 Å². The zero-order chi connectivity index (χ0) is 14.3. The van der Waals surface area contributed by atoms with Gasteiger partial charge < -0.3 is 5.01 Å². The van der Waals surface area contributed by atoms with E-state index >= 15 is 0 Å². The number of rotatable bonds is 1. The number of aryl methyl sites for hydroxylation is 1. The van der Waals surface area contributed by atoms with E-state index in [1.54, 1.807) is 25.2 Å². The van der Waals surface area contributed by atoms with Gasteiger partial charge in [0.15, 0.2) is 0 Å². The van der Waals surface area contributed by atoms with Gasteiger partial charge in [0.1, 0.15) is 0 Å². The predicted molar refractivity (Wildman–Crippen MR) is 80.3 cm³/mol. The molecule has 0 atom stereocenters. The Bertz CT molecular complexity index is 772. The van der Waals surface area contributed by atoms with Crippen molar-refractivity contribution in [2.75, 3.05) is 18.1 Å². The van der Waals surface area contributed by atoms with Gasteiger partial charge in [0.05, 0.1) is 10.9 Å². The average molecular weight is 294 g/mol. The minimum Gasteiger partial charge on any atom is -0.306 e. The Balaban J connectivity index is 2.30. The molecule has 1 aromatic carbocycles. The number of piperidine rings is 1. The largest absolute Gasteiger partial charge is 0.350 e. The molecular weight excluding hydrogens is 278 g/mol. The molecule has 1 aliphatic heterocycles. The summed E-state index contributed by atoms with van der Waals surface area (Å²) in [5, 5.41) is 2.88. The number of aromatic nitrogens is 2. The van der Waals surface area contributed by atoms with Crippen LogP contribution in [0.1, 0.15) is 19.3 Å². The first-order valence-electron chi connectivity index (χ1n) is 6.76. The molecule has 106 valence electrons. The monoisotopic (exact) mass is 293 g/mol. The normalized spacial score (nSPS) is 15.8. The Hall–Kier alpha value is -1.75. The second-order valence-electron chi connectivity index (χ2n) is 5.13. The maximum atomic E-state index is 12.6. The van der Waals surface area contributed by atoms with Crippen molar-refractivity contribution >= 4 is 22.5 Å². The van der Waals surface area contributed by atoms with E-state index in [-0.39, 0.29) is 11.2 Å². The summed E-state index contributed by atoms with van der Waals surface area (Å²) in [7, 11) is 1.67. The first-order valence-corrected chi connectivity index (χ1v) is 7.14. The minimum atomic E-state index is -0.313. The lowest BCUT2D eigenvalue weighted by Crippen LogP contribution is -2.54. The van der Waals surface area contributed by atoms with Crippen LogP contribution in [0.25, 0.3) is 10.9 Å². The third kappa shape index (κ3) is 2.02. The summed E-state index contributed by atoms with van der Waals surface area (Å²) in [6.07, 6.45) is 3.16. The van der Waals surface area contributed by atoms with Crippen molar-refractivity contribution in [3.63, 3.8) is 0 Å². The molecule has 1 saturated heterocycles. The van der Waals surface area contributed by atoms with Crippen molar-refractivity contribution in [2.24, 2.45) is 7.05 Å². The average Bonchev–Trinajstić information content (AvgIpc) is 2.46. The molecule has 0 N–H and O–H groups in total. The molecule has 0 amide bonds. The first kappa shape index (κ1) is 13.2. The Morgan fingerprint density at radius 1 is 1.10 bits per heavy atom. The van der Waals surface area contributed by atoms with Crippen LogP contribution in [0.2, 0.25) is 5.02 Å². The third-order valence-corrected chi connectivity index (χ3v) is 4.06. The predicted octanol–water partition coefficient (Wildman–Crippen LogP) is 1.48. The molecule has 1 fully saturated rings. The summed E-state index contributed by atoms with van der Waals surface area (Å²) in [5.41, 5.74) is -0.00547. The van der Waals surface area contributed by atoms with Gasteiger partial charge in [0.2, 0.25) is 0 Å². The number of benzene rings is 1. The van der Waals surface area contributed by atoms with E-state index < -0.39 is 0 Å². The highest BCUT2D eigenvalue weighted by atomic mass is 35.5. The number of nitrogens with zero attached hydrogens (tertiary/aromatic N) is 3. The van der Waals surface area contributed by atoms with Crippen LogP contribution in [0.15, 0.2) is 27.8 Å². The molecule has 1 aliphatic rings. The Morgan fingerprint density at radius 2 is 1.80 bits per heavy atom. The fourth-order valence-corrected chi connectivity index (χ4v) is 2.90. The zero-order valence-corrected chi connectivity index (χ0v) is 12.1. The summed E-state index contributed by atoms with van der Waals surface area (Å²) in [6.45, 7) is 1.49. The highest BCUT2D eigenvalue weighted by molar-refractivity contribution is 6.31. The fraction of sp³-hybridized carbons (Fsp3) is 0.429. The lowest BCUT2D eigenvalue weighted by atomic mass is 10.2. The van der Waals surface area contributed by atoms with Crippen LogP contribution in [0, 0.1) is 0 Å². The quantitative estimate of drug-likeness (QED) is 0.800. The summed E-state index contributed by atoms with van der Waals surface area (Å²) in [6, 6.07) is 5.01. The third-order valence-electron chi connectivity index (χ3n) is 3.83. The summed E-state index contributed by atoms with van der Waals surface area (Å²) >= 11 is 5.95. The van der Waals surface area contributed by atoms with Gasteiger partial charge in [-0.05, 0) is 37.5 Å². The molecule has 0 bridgehead atoms. The molecule has 0 unspecified atom stereocenters. The number of fused-ring (bicyclic) bond motifs is 1. The standard InChI is InChI=1S/C14H16ClN3O2/c1-16-12-9-10(15)5-6-11(12)13(19)18(14(16)20)17-7-3-2-4-8-17/h5-6,9H,2-4,7-8H2,1H3. The van der Waals surface area contributed by atoms with E-state index in [4.69, 9.17) is 11.6 Å². The molecule has 0 spiro atoms. The molecule has 6 heteroatoms. The second-order valence-corrected chi connectivity index (χ2v) is 5.57. The highest BCUT2D eigenvalue weighted by Gasteiger charge is 2.18. The van der Waals surface area contributed by atoms with Crippen LogP contribution in [0.3, 0.4) is 0 Å². The lowest BCUT2D eigenvalue weighted by molar-refractivity contribution is 0.452. The van der Waals surface area contributed by atoms with E-state index in [0.29, 0.717) is 15.9 Å². The maximum Gasteiger partial charge on any atom is 0.350 e. The highest BCUT2D eigenvalue weighted by Crippen LogP contribution is 2.15. The van der Waals surface area contributed by atoms with Gasteiger partial charge in [-0.15, -0.1) is 0 Å². The fourth-order valence-electron chi connectivity index (χ4n) is 2.74. The van der Waals surface area contributed by atoms with Crippen LogP contribution in [-0.2, 0) is 7.05 Å². The van der Waals surface area contributed by atoms with Gasteiger partial charge in [0.25, 0.3) is 5.56 Å². The van der Waals surface area contributed by atoms with Gasteiger partial charge >= 0.3 is 5.69 Å². The molecule has 2 aromatic rings. The second kappa shape index (κ2) is 4.98. The van der Waals surface area contributed by atoms with Gasteiger partial charge in [-0.3, -0.25) is 9.36 Å². The minimum absolute atomic E-state index is 0.262. The number of halogens is 1. The number of hydrogen-bond acceptors (Lipinski definition) is 3. The Morgan fingerprint density at radius 3 is 2.50 bits per heavy atom. The molecule has 20 heavy (non-hydrogen) atoms. The molecule has 1 aromatic heterocycles. The molecule has 5 nitrogen and oxygen atoms in total. The van der Waals surface area contributed by atoms with E-state index in [1.165, 1.54) is 9.24 Å². The van der Waals surface area contributed by atoms with Crippen molar-refractivity contribution in [1.29, 1.82) is 0 Å². The van der Waals surface area contributed by atoms with Crippen LogP contribution < -0.4 is 16.3 Å². The molecule has 3 rings (SSSR count). The van der Waals surface area contributed by atoms with Gasteiger partial charge in [-0.25, -0.2) is 4.79 Å². The molecule has 2 heterocycles. The van der Waals surface area contributed by atoms with Crippen molar-refractivity contribution < 1.29 is 0 Å². The van der Waals surface area contributed by atoms with Crippen molar-refractivity contribution in [3.8, 4) is 0 Å². The van der Waals surface area contributed by atoms with Gasteiger partial charge in [0, 0.05) is 25.2 Å². The SMILES string of the molecule is Cn1c(=O)n(N2CCCCC2)c(=O)c2ccc(Cl)cc21. The van der Waals surface area contributed by atoms with E-state index in [2.05, 4.69) is 0 Å². The smallest absolute Gasteiger partial charge is 0.306 e. The van der Waals surface area contributed by atoms with Crippen molar-refractivity contribution in [1.82, 2.24) is 9.24 Å². The van der Waals surface area contributed by atoms with Gasteiger partial charge in [-0.1, -0.05) is 11.6 Å². The topological polar surface area (TPSA) is 47.2 Å². The van der Waals surface area contributed by atoms with E-state index in [0.717, 1.165) is 32.4 Å². The Labute approximate surface area is 121 Å². The number of hydrogen-bond donors (Lipinski definition) is 0. The zero-order valence-electron chi connectivity index (χ0n) is 11.3. The summed E-state index contributed by atoms with van der Waals surface area (Å²) in [4.78, 5) is 25.0.